The van der Waals surface area contributed by atoms with Gasteiger partial charge in [0.2, 0.25) is 5.89 Å². The minimum Gasteiger partial charge on any atom is -0.339 e. The summed E-state index contributed by atoms with van der Waals surface area (Å²) in [7, 11) is 0. The molecule has 1 aliphatic rings. The molecule has 20 heavy (non-hydrogen) atoms. The maximum atomic E-state index is 13.1. The summed E-state index contributed by atoms with van der Waals surface area (Å²) in [6, 6.07) is 6.50. The number of nitrogens with one attached hydrogen (secondary N) is 1. The van der Waals surface area contributed by atoms with Crippen molar-refractivity contribution in [2.75, 3.05) is 13.1 Å². The average molecular weight is 275 g/mol. The van der Waals surface area contributed by atoms with Crippen LogP contribution in [0, 0.1) is 11.7 Å². The quantitative estimate of drug-likeness (QED) is 0.930. The summed E-state index contributed by atoms with van der Waals surface area (Å²) in [5.41, 5.74) is 0.860. The van der Waals surface area contributed by atoms with Gasteiger partial charge in [0.1, 0.15) is 5.82 Å². The fraction of sp³-hybridized carbons (Fsp3) is 0.467. The minimum atomic E-state index is -0.235. The van der Waals surface area contributed by atoms with Crippen LogP contribution >= 0.6 is 0 Å². The maximum absolute atomic E-state index is 13.1. The highest BCUT2D eigenvalue weighted by Crippen LogP contribution is 2.17. The van der Waals surface area contributed by atoms with Crippen LogP contribution in [-0.2, 0) is 12.8 Å². The summed E-state index contributed by atoms with van der Waals surface area (Å²) < 4.78 is 18.4. The molecule has 1 saturated heterocycles. The first kappa shape index (κ1) is 13.2. The molecule has 0 radical (unpaired) electrons. The first-order valence-electron chi connectivity index (χ1n) is 7.06. The normalized spacial score (nSPS) is 16.4. The Kier molecular flexibility index (Phi) is 4.06. The molecule has 0 amide bonds. The molecule has 0 atom stereocenters. The van der Waals surface area contributed by atoms with Gasteiger partial charge in [0, 0.05) is 12.8 Å². The van der Waals surface area contributed by atoms with E-state index in [9.17, 15) is 4.39 Å². The van der Waals surface area contributed by atoms with E-state index in [4.69, 9.17) is 4.52 Å². The molecule has 0 bridgehead atoms. The fourth-order valence-corrected chi connectivity index (χ4v) is 2.61. The first-order chi connectivity index (χ1) is 9.79. The molecule has 2 aromatic rings. The lowest BCUT2D eigenvalue weighted by atomic mass is 9.95. The van der Waals surface area contributed by atoms with Gasteiger partial charge in [-0.3, -0.25) is 0 Å². The van der Waals surface area contributed by atoms with Gasteiger partial charge in [0.25, 0.3) is 0 Å². The lowest BCUT2D eigenvalue weighted by Crippen LogP contribution is -2.28. The Bertz CT molecular complexity index is 564. The molecule has 3 rings (SSSR count). The number of rotatable bonds is 4. The second-order valence-corrected chi connectivity index (χ2v) is 5.31. The van der Waals surface area contributed by atoms with Crippen molar-refractivity contribution in [1.82, 2.24) is 15.5 Å². The van der Waals surface area contributed by atoms with Crippen molar-refractivity contribution in [3.63, 3.8) is 0 Å². The van der Waals surface area contributed by atoms with Crippen molar-refractivity contribution in [1.29, 1.82) is 0 Å². The number of nitrogens with zero attached hydrogens (tertiary/aromatic N) is 2. The Morgan fingerprint density at radius 2 is 2.15 bits per heavy atom. The summed E-state index contributed by atoms with van der Waals surface area (Å²) in [5.74, 6) is 1.71. The van der Waals surface area contributed by atoms with E-state index in [-0.39, 0.29) is 5.82 Å². The Hall–Kier alpha value is -1.75. The predicted octanol–water partition coefficient (Wildman–Crippen LogP) is 2.34. The number of hydrogen-bond donors (Lipinski definition) is 1. The van der Waals surface area contributed by atoms with Crippen LogP contribution in [0.5, 0.6) is 0 Å². The molecular formula is C15H18FN3O. The van der Waals surface area contributed by atoms with E-state index in [2.05, 4.69) is 15.5 Å². The second kappa shape index (κ2) is 6.13. The number of piperidine rings is 1. The highest BCUT2D eigenvalue weighted by atomic mass is 19.1. The SMILES string of the molecule is Fc1cccc(Cc2noc(CC3CCNCC3)n2)c1. The van der Waals surface area contributed by atoms with Gasteiger partial charge in [-0.1, -0.05) is 17.3 Å². The molecule has 2 heterocycles. The molecule has 0 spiro atoms. The van der Waals surface area contributed by atoms with Crippen molar-refractivity contribution in [3.05, 3.63) is 47.4 Å². The van der Waals surface area contributed by atoms with Crippen molar-refractivity contribution in [2.24, 2.45) is 5.92 Å². The largest absolute Gasteiger partial charge is 0.339 e. The highest BCUT2D eigenvalue weighted by Gasteiger charge is 2.17. The van der Waals surface area contributed by atoms with E-state index in [0.29, 0.717) is 24.1 Å². The van der Waals surface area contributed by atoms with Crippen LogP contribution in [-0.4, -0.2) is 23.2 Å². The highest BCUT2D eigenvalue weighted by molar-refractivity contribution is 5.19. The number of benzene rings is 1. The van der Waals surface area contributed by atoms with E-state index in [1.165, 1.54) is 12.1 Å². The molecule has 0 saturated carbocycles. The third-order valence-electron chi connectivity index (χ3n) is 3.68. The zero-order valence-corrected chi connectivity index (χ0v) is 11.3. The summed E-state index contributed by atoms with van der Waals surface area (Å²) in [6.45, 7) is 2.13. The van der Waals surface area contributed by atoms with Gasteiger partial charge in [0.15, 0.2) is 5.82 Å². The molecule has 4 nitrogen and oxygen atoms in total. The average Bonchev–Trinajstić information content (AvgIpc) is 2.87. The number of halogens is 1. The van der Waals surface area contributed by atoms with E-state index in [0.717, 1.165) is 37.9 Å². The zero-order chi connectivity index (χ0) is 13.8. The minimum absolute atomic E-state index is 0.235. The van der Waals surface area contributed by atoms with Crippen LogP contribution < -0.4 is 5.32 Å². The van der Waals surface area contributed by atoms with Crippen molar-refractivity contribution < 1.29 is 8.91 Å². The standard InChI is InChI=1S/C15H18FN3O/c16-13-3-1-2-12(8-13)9-14-18-15(20-19-14)10-11-4-6-17-7-5-11/h1-3,8,11,17H,4-7,9-10H2. The van der Waals surface area contributed by atoms with E-state index >= 15 is 0 Å². The molecule has 1 aromatic carbocycles. The topological polar surface area (TPSA) is 51.0 Å². The van der Waals surface area contributed by atoms with Gasteiger partial charge in [-0.05, 0) is 49.5 Å². The van der Waals surface area contributed by atoms with Crippen LogP contribution in [0.25, 0.3) is 0 Å². The first-order valence-corrected chi connectivity index (χ1v) is 7.06. The van der Waals surface area contributed by atoms with Crippen molar-refractivity contribution in [3.8, 4) is 0 Å². The smallest absolute Gasteiger partial charge is 0.226 e. The molecule has 106 valence electrons. The van der Waals surface area contributed by atoms with Crippen molar-refractivity contribution >= 4 is 0 Å². The zero-order valence-electron chi connectivity index (χ0n) is 11.3. The van der Waals surface area contributed by atoms with E-state index in [1.54, 1.807) is 6.07 Å². The van der Waals surface area contributed by atoms with Gasteiger partial charge < -0.3 is 9.84 Å². The van der Waals surface area contributed by atoms with Gasteiger partial charge in [-0.2, -0.15) is 4.98 Å². The molecule has 1 aliphatic heterocycles. The van der Waals surface area contributed by atoms with Crippen molar-refractivity contribution in [2.45, 2.75) is 25.7 Å². The lowest BCUT2D eigenvalue weighted by molar-refractivity contribution is 0.312. The molecule has 0 aliphatic carbocycles. The third kappa shape index (κ3) is 3.42. The molecule has 1 aromatic heterocycles. The van der Waals surface area contributed by atoms with Crippen LogP contribution in [0.4, 0.5) is 4.39 Å². The Morgan fingerprint density at radius 3 is 2.95 bits per heavy atom. The van der Waals surface area contributed by atoms with Crippen LogP contribution in [0.2, 0.25) is 0 Å². The Morgan fingerprint density at radius 1 is 1.30 bits per heavy atom. The summed E-state index contributed by atoms with van der Waals surface area (Å²) >= 11 is 0. The molecule has 1 N–H and O–H groups in total. The van der Waals surface area contributed by atoms with Gasteiger partial charge >= 0.3 is 0 Å². The monoisotopic (exact) mass is 275 g/mol. The maximum Gasteiger partial charge on any atom is 0.226 e. The van der Waals surface area contributed by atoms with Crippen LogP contribution in [0.15, 0.2) is 28.8 Å². The molecule has 0 unspecified atom stereocenters. The van der Waals surface area contributed by atoms with E-state index in [1.807, 2.05) is 6.07 Å². The second-order valence-electron chi connectivity index (χ2n) is 5.31. The fourth-order valence-electron chi connectivity index (χ4n) is 2.61. The number of aromatic nitrogens is 2. The van der Waals surface area contributed by atoms with E-state index < -0.39 is 0 Å². The van der Waals surface area contributed by atoms with Gasteiger partial charge in [0.05, 0.1) is 0 Å². The summed E-state index contributed by atoms with van der Waals surface area (Å²) in [6.07, 6.45) is 3.66. The Labute approximate surface area is 117 Å². The van der Waals surface area contributed by atoms with Gasteiger partial charge in [-0.25, -0.2) is 4.39 Å². The molecule has 1 fully saturated rings. The molecule has 5 heteroatoms. The predicted molar refractivity (Wildman–Crippen MR) is 72.8 cm³/mol. The third-order valence-corrected chi connectivity index (χ3v) is 3.68. The molecular weight excluding hydrogens is 257 g/mol. The van der Waals surface area contributed by atoms with Crippen LogP contribution in [0.1, 0.15) is 30.1 Å². The van der Waals surface area contributed by atoms with Gasteiger partial charge in [-0.15, -0.1) is 0 Å². The lowest BCUT2D eigenvalue weighted by Gasteiger charge is -2.20. The Balaban J connectivity index is 1.61. The number of hydrogen-bond acceptors (Lipinski definition) is 4. The summed E-state index contributed by atoms with van der Waals surface area (Å²) in [4.78, 5) is 4.41. The van der Waals surface area contributed by atoms with Crippen LogP contribution in [0.3, 0.4) is 0 Å². The summed E-state index contributed by atoms with van der Waals surface area (Å²) in [5, 5.41) is 7.32.